The van der Waals surface area contributed by atoms with Gasteiger partial charge in [-0.25, -0.2) is 4.39 Å². The molecule has 0 bridgehead atoms. The van der Waals surface area contributed by atoms with Crippen molar-refractivity contribution in [3.8, 4) is 0 Å². The van der Waals surface area contributed by atoms with Crippen LogP contribution < -0.4 is 16.4 Å². The number of amides is 1. The van der Waals surface area contributed by atoms with Crippen LogP contribution in [-0.2, 0) is 9.53 Å². The maximum atomic E-state index is 14.8. The largest absolute Gasteiger partial charge is 0.394 e. The molecule has 1 aliphatic rings. The Labute approximate surface area is 182 Å². The molecule has 2 rings (SSSR count). The first kappa shape index (κ1) is 25.0. The number of hydrogen-bond donors (Lipinski definition) is 5. The number of carbonyl (C=O) groups is 1. The average Bonchev–Trinajstić information content (AvgIpc) is 2.99. The third kappa shape index (κ3) is 6.12. The minimum atomic E-state index is -0.909. The van der Waals surface area contributed by atoms with Crippen molar-refractivity contribution in [2.75, 3.05) is 26.9 Å². The number of methoxy groups -OCH3 is 1. The summed E-state index contributed by atoms with van der Waals surface area (Å²) in [4.78, 5) is 12.9. The van der Waals surface area contributed by atoms with Gasteiger partial charge in [0.15, 0.2) is 0 Å². The molecule has 0 aromatic heterocycles. The number of ether oxygens (including phenoxy) is 1. The van der Waals surface area contributed by atoms with E-state index in [0.717, 1.165) is 0 Å². The van der Waals surface area contributed by atoms with Crippen molar-refractivity contribution in [2.24, 2.45) is 11.1 Å². The summed E-state index contributed by atoms with van der Waals surface area (Å²) in [5.74, 6) is -1.53. The Kier molecular flexibility index (Phi) is 9.02. The molecule has 1 aromatic carbocycles. The lowest BCUT2D eigenvalue weighted by atomic mass is 9.81. The van der Waals surface area contributed by atoms with E-state index in [1.54, 1.807) is 19.2 Å². The fraction of sp³-hybridized carbons (Fsp3) is 0.667. The standard InChI is InChI=1S/C21H33ClFN3O4/c1-21(2,11-30-3)9-15-18(24)16(13-5-4-6-14(22)17(13)23)19(26-15)20(29)25-8-7-12(28)10-27/h4-6,12,15-16,18-19,26-28H,7-11,24H2,1-3H3,(H,25,29)/t12-,15-,16+,18?,19+/m0/s1. The summed E-state index contributed by atoms with van der Waals surface area (Å²) in [7, 11) is 1.63. The van der Waals surface area contributed by atoms with Crippen LogP contribution in [0.1, 0.15) is 38.2 Å². The van der Waals surface area contributed by atoms with Gasteiger partial charge in [0.2, 0.25) is 5.91 Å². The van der Waals surface area contributed by atoms with E-state index < -0.39 is 29.9 Å². The maximum Gasteiger partial charge on any atom is 0.237 e. The highest BCUT2D eigenvalue weighted by atomic mass is 35.5. The monoisotopic (exact) mass is 445 g/mol. The van der Waals surface area contributed by atoms with Crippen LogP contribution in [0.4, 0.5) is 4.39 Å². The summed E-state index contributed by atoms with van der Waals surface area (Å²) in [6.45, 7) is 4.41. The Morgan fingerprint density at radius 2 is 2.17 bits per heavy atom. The smallest absolute Gasteiger partial charge is 0.237 e. The van der Waals surface area contributed by atoms with Crippen molar-refractivity contribution in [1.82, 2.24) is 10.6 Å². The van der Waals surface area contributed by atoms with Crippen LogP contribution in [0.3, 0.4) is 0 Å². The maximum absolute atomic E-state index is 14.8. The molecular formula is C21H33ClFN3O4. The van der Waals surface area contributed by atoms with Crippen LogP contribution in [0.25, 0.3) is 0 Å². The summed E-state index contributed by atoms with van der Waals surface area (Å²) in [6.07, 6.45) is -0.0669. The summed E-state index contributed by atoms with van der Waals surface area (Å²) in [6, 6.07) is 3.18. The SMILES string of the molecule is COCC(C)(C)C[C@@H]1N[C@@H](C(=O)NCC[C@H](O)CO)[C@H](c2cccc(Cl)c2F)C1N. The molecule has 0 saturated carbocycles. The van der Waals surface area contributed by atoms with E-state index in [2.05, 4.69) is 10.6 Å². The lowest BCUT2D eigenvalue weighted by Crippen LogP contribution is -2.46. The van der Waals surface area contributed by atoms with Crippen LogP contribution in [0, 0.1) is 11.2 Å². The quantitative estimate of drug-likeness (QED) is 0.369. The van der Waals surface area contributed by atoms with Gasteiger partial charge in [0, 0.05) is 31.7 Å². The highest BCUT2D eigenvalue weighted by molar-refractivity contribution is 6.30. The van der Waals surface area contributed by atoms with Gasteiger partial charge in [0.1, 0.15) is 5.82 Å². The molecule has 1 unspecified atom stereocenters. The lowest BCUT2D eigenvalue weighted by Gasteiger charge is -2.29. The van der Waals surface area contributed by atoms with Crippen LogP contribution in [0.2, 0.25) is 5.02 Å². The normalized spacial score (nSPS) is 25.3. The van der Waals surface area contributed by atoms with E-state index in [1.807, 2.05) is 13.8 Å². The number of nitrogens with one attached hydrogen (secondary N) is 2. The molecule has 1 fully saturated rings. The molecule has 0 spiro atoms. The molecule has 7 nitrogen and oxygen atoms in total. The summed E-state index contributed by atoms with van der Waals surface area (Å²) >= 11 is 5.98. The summed E-state index contributed by atoms with van der Waals surface area (Å²) < 4.78 is 20.1. The van der Waals surface area contributed by atoms with Crippen molar-refractivity contribution >= 4 is 17.5 Å². The van der Waals surface area contributed by atoms with Gasteiger partial charge in [-0.15, -0.1) is 0 Å². The van der Waals surface area contributed by atoms with E-state index in [4.69, 9.17) is 27.2 Å². The Hall–Kier alpha value is -1.29. The molecule has 0 radical (unpaired) electrons. The highest BCUT2D eigenvalue weighted by Crippen LogP contribution is 2.37. The number of carbonyl (C=O) groups excluding carboxylic acids is 1. The lowest BCUT2D eigenvalue weighted by molar-refractivity contribution is -0.123. The van der Waals surface area contributed by atoms with E-state index in [0.29, 0.717) is 18.6 Å². The molecule has 0 aliphatic carbocycles. The van der Waals surface area contributed by atoms with E-state index in [-0.39, 0.29) is 42.0 Å². The second-order valence-electron chi connectivity index (χ2n) is 8.71. The zero-order valence-electron chi connectivity index (χ0n) is 17.7. The van der Waals surface area contributed by atoms with Gasteiger partial charge in [-0.05, 0) is 29.9 Å². The van der Waals surface area contributed by atoms with Crippen molar-refractivity contribution in [1.29, 1.82) is 0 Å². The van der Waals surface area contributed by atoms with Gasteiger partial charge in [-0.1, -0.05) is 37.6 Å². The van der Waals surface area contributed by atoms with Crippen molar-refractivity contribution in [3.05, 3.63) is 34.6 Å². The minimum Gasteiger partial charge on any atom is -0.394 e. The average molecular weight is 446 g/mol. The van der Waals surface area contributed by atoms with Gasteiger partial charge in [-0.2, -0.15) is 0 Å². The van der Waals surface area contributed by atoms with E-state index in [9.17, 15) is 14.3 Å². The Morgan fingerprint density at radius 3 is 2.80 bits per heavy atom. The Morgan fingerprint density at radius 1 is 1.47 bits per heavy atom. The van der Waals surface area contributed by atoms with E-state index >= 15 is 0 Å². The molecule has 1 saturated heterocycles. The first-order valence-electron chi connectivity index (χ1n) is 10.1. The zero-order chi connectivity index (χ0) is 22.5. The van der Waals surface area contributed by atoms with Crippen molar-refractivity contribution < 1.29 is 24.1 Å². The summed E-state index contributed by atoms with van der Waals surface area (Å²) in [5.41, 5.74) is 6.64. The second kappa shape index (κ2) is 10.8. The van der Waals surface area contributed by atoms with E-state index in [1.165, 1.54) is 6.07 Å². The second-order valence-corrected chi connectivity index (χ2v) is 9.12. The molecule has 6 N–H and O–H groups in total. The number of nitrogens with two attached hydrogens (primary N) is 1. The van der Waals surface area contributed by atoms with Crippen LogP contribution >= 0.6 is 11.6 Å². The minimum absolute atomic E-state index is 0.0203. The van der Waals surface area contributed by atoms with Crippen LogP contribution in [-0.4, -0.2) is 67.2 Å². The van der Waals surface area contributed by atoms with Gasteiger partial charge >= 0.3 is 0 Å². The first-order chi connectivity index (χ1) is 14.1. The van der Waals surface area contributed by atoms with Crippen molar-refractivity contribution in [2.45, 2.75) is 56.8 Å². The molecule has 1 amide bonds. The predicted octanol–water partition coefficient (Wildman–Crippen LogP) is 1.15. The zero-order valence-corrected chi connectivity index (χ0v) is 18.5. The van der Waals surface area contributed by atoms with Gasteiger partial charge in [0.25, 0.3) is 0 Å². The van der Waals surface area contributed by atoms with Gasteiger partial charge in [0.05, 0.1) is 30.4 Å². The highest BCUT2D eigenvalue weighted by Gasteiger charge is 2.47. The van der Waals surface area contributed by atoms with Crippen LogP contribution in [0.5, 0.6) is 0 Å². The number of aliphatic hydroxyl groups is 2. The van der Waals surface area contributed by atoms with Crippen LogP contribution in [0.15, 0.2) is 18.2 Å². The molecule has 1 aromatic rings. The first-order valence-corrected chi connectivity index (χ1v) is 10.5. The molecule has 1 aliphatic heterocycles. The number of aliphatic hydroxyl groups excluding tert-OH is 2. The van der Waals surface area contributed by atoms with Crippen molar-refractivity contribution in [3.63, 3.8) is 0 Å². The molecule has 170 valence electrons. The fourth-order valence-corrected chi connectivity index (χ4v) is 4.31. The number of hydrogen-bond acceptors (Lipinski definition) is 6. The van der Waals surface area contributed by atoms with Gasteiger partial charge < -0.3 is 31.3 Å². The number of benzene rings is 1. The predicted molar refractivity (Wildman–Crippen MR) is 114 cm³/mol. The van der Waals surface area contributed by atoms with Gasteiger partial charge in [-0.3, -0.25) is 4.79 Å². The number of halogens is 2. The Balaban J connectivity index is 2.26. The molecule has 9 heteroatoms. The Bertz CT molecular complexity index is 721. The summed E-state index contributed by atoms with van der Waals surface area (Å²) in [5, 5.41) is 24.4. The molecule has 30 heavy (non-hydrogen) atoms. The molecule has 1 heterocycles. The third-order valence-corrected chi connectivity index (χ3v) is 5.84. The molecular weight excluding hydrogens is 413 g/mol. The third-order valence-electron chi connectivity index (χ3n) is 5.55. The fourth-order valence-electron chi connectivity index (χ4n) is 4.12. The molecule has 5 atom stereocenters. The number of rotatable bonds is 10. The topological polar surface area (TPSA) is 117 Å².